The number of nitrogens with one attached hydrogen (secondary N) is 2. The lowest BCUT2D eigenvalue weighted by atomic mass is 10.0. The van der Waals surface area contributed by atoms with Crippen LogP contribution in [0.25, 0.3) is 21.5 Å². The zero-order valence-corrected chi connectivity index (χ0v) is 33.7. The van der Waals surface area contributed by atoms with Gasteiger partial charge >= 0.3 is 12.4 Å². The maximum atomic E-state index is 13.7. The molecule has 0 fully saturated rings. The van der Waals surface area contributed by atoms with Crippen LogP contribution in [0.2, 0.25) is 20.1 Å². The minimum atomic E-state index is -4.70. The van der Waals surface area contributed by atoms with Gasteiger partial charge in [0.25, 0.3) is 11.8 Å². The number of rotatable bonds is 8. The molecule has 0 aliphatic carbocycles. The molecule has 4 N–H and O–H groups in total. The Balaban J connectivity index is 1.16. The van der Waals surface area contributed by atoms with Crippen molar-refractivity contribution in [2.45, 2.75) is 12.4 Å². The first-order valence-corrected chi connectivity index (χ1v) is 19.0. The number of anilines is 2. The lowest BCUT2D eigenvalue weighted by Crippen LogP contribution is -2.14. The molecular weight excluding hydrogens is 908 g/mol. The number of carbonyl (C=O) groups excluding carboxylic acids is 2. The van der Waals surface area contributed by atoms with E-state index in [1.807, 2.05) is 0 Å². The number of hydrogen-bond acceptors (Lipinski definition) is 8. The predicted molar refractivity (Wildman–Crippen MR) is 225 cm³/mol. The fourth-order valence-electron chi connectivity index (χ4n) is 6.04. The lowest BCUT2D eigenvalue weighted by molar-refractivity contribution is -0.138. The monoisotopic (exact) mass is 928 g/mol. The van der Waals surface area contributed by atoms with Crippen LogP contribution < -0.4 is 10.6 Å². The molecule has 7 aromatic rings. The van der Waals surface area contributed by atoms with Crippen molar-refractivity contribution in [2.24, 2.45) is 20.5 Å². The Morgan fingerprint density at radius 2 is 0.855 bits per heavy atom. The molecule has 7 aromatic carbocycles. The van der Waals surface area contributed by atoms with Gasteiger partial charge in [0.2, 0.25) is 0 Å². The summed E-state index contributed by atoms with van der Waals surface area (Å²) in [6, 6.07) is 22.7. The van der Waals surface area contributed by atoms with E-state index in [-0.39, 0.29) is 65.3 Å². The molecule has 2 amide bonds. The van der Waals surface area contributed by atoms with Crippen LogP contribution in [0.5, 0.6) is 11.5 Å². The number of aromatic hydroxyl groups is 2. The molecule has 10 nitrogen and oxygen atoms in total. The third-order valence-corrected chi connectivity index (χ3v) is 10.4. The Morgan fingerprint density at radius 3 is 1.23 bits per heavy atom. The van der Waals surface area contributed by atoms with E-state index in [2.05, 4.69) is 31.1 Å². The molecule has 0 heterocycles. The van der Waals surface area contributed by atoms with Gasteiger partial charge in [-0.25, -0.2) is 0 Å². The third-order valence-electron chi connectivity index (χ3n) is 9.10. The largest absolute Gasteiger partial charge is 0.505 e. The van der Waals surface area contributed by atoms with Crippen LogP contribution in [0.3, 0.4) is 0 Å². The third kappa shape index (κ3) is 9.09. The van der Waals surface area contributed by atoms with Crippen LogP contribution >= 0.6 is 46.4 Å². The normalized spacial score (nSPS) is 12.2. The number of alkyl halides is 6. The van der Waals surface area contributed by atoms with Gasteiger partial charge in [0.15, 0.2) is 11.5 Å². The number of carbonyl (C=O) groups is 2. The summed E-state index contributed by atoms with van der Waals surface area (Å²) < 4.78 is 80.2. The zero-order valence-electron chi connectivity index (χ0n) is 30.7. The minimum Gasteiger partial charge on any atom is -0.505 e. The summed E-state index contributed by atoms with van der Waals surface area (Å²) in [5.74, 6) is -3.23. The standard InChI is InChI=1S/C42H22Cl4F6N6O4/c43-27-11-9-21(41(47,48)49)15-33(27)55-57-35-23-7-3-1-5-19(23)13-25(37(35)59)39(61)53-31-17-30(46)32(18-29(31)45)54-40(62)26-14-20-6-2-4-8-24(20)36(38(26)60)58-56-34-16-22(42(50,51)52)10-12-28(34)44/h1-18,59-60H,(H,53,61)(H,54,62). The van der Waals surface area contributed by atoms with E-state index in [0.717, 1.165) is 24.3 Å². The molecule has 0 aliphatic rings. The number of phenols is 2. The highest BCUT2D eigenvalue weighted by Crippen LogP contribution is 2.44. The molecule has 0 unspecified atom stereocenters. The van der Waals surface area contributed by atoms with Gasteiger partial charge in [-0.2, -0.15) is 26.3 Å². The molecule has 0 aromatic heterocycles. The van der Waals surface area contributed by atoms with Crippen molar-refractivity contribution in [3.63, 3.8) is 0 Å². The highest BCUT2D eigenvalue weighted by Gasteiger charge is 2.32. The highest BCUT2D eigenvalue weighted by molar-refractivity contribution is 6.38. The van der Waals surface area contributed by atoms with Crippen molar-refractivity contribution in [1.82, 2.24) is 0 Å². The van der Waals surface area contributed by atoms with Crippen molar-refractivity contribution in [2.75, 3.05) is 10.6 Å². The van der Waals surface area contributed by atoms with Crippen LogP contribution in [-0.2, 0) is 12.4 Å². The molecule has 0 saturated heterocycles. The summed E-state index contributed by atoms with van der Waals surface area (Å²) in [5.41, 5.74) is -4.15. The van der Waals surface area contributed by atoms with E-state index < -0.39 is 46.8 Å². The Labute approximate surface area is 365 Å². The molecule has 0 radical (unpaired) electrons. The summed E-state index contributed by atoms with van der Waals surface area (Å²) in [7, 11) is 0. The molecule has 7 rings (SSSR count). The van der Waals surface area contributed by atoms with Gasteiger partial charge in [0.05, 0.1) is 53.7 Å². The summed E-state index contributed by atoms with van der Waals surface area (Å²) in [5, 5.41) is 44.0. The number of fused-ring (bicyclic) bond motifs is 2. The summed E-state index contributed by atoms with van der Waals surface area (Å²) in [6.07, 6.45) is -9.40. The van der Waals surface area contributed by atoms with Crippen LogP contribution in [0.1, 0.15) is 31.8 Å². The summed E-state index contributed by atoms with van der Waals surface area (Å²) in [6.45, 7) is 0. The Bertz CT molecular complexity index is 2830. The van der Waals surface area contributed by atoms with Gasteiger partial charge in [-0.05, 0) is 71.4 Å². The number of halogens is 10. The number of amides is 2. The lowest BCUT2D eigenvalue weighted by Gasteiger charge is -2.15. The first-order chi connectivity index (χ1) is 29.3. The number of phenolic OH excluding ortho intramolecular Hbond substituents is 2. The van der Waals surface area contributed by atoms with Crippen molar-refractivity contribution in [3.05, 3.63) is 152 Å². The second kappa shape index (κ2) is 17.1. The molecule has 0 bridgehead atoms. The van der Waals surface area contributed by atoms with Crippen LogP contribution in [0.15, 0.2) is 130 Å². The van der Waals surface area contributed by atoms with Crippen molar-refractivity contribution < 1.29 is 46.1 Å². The van der Waals surface area contributed by atoms with E-state index in [1.165, 1.54) is 24.3 Å². The fraction of sp³-hybridized carbons (Fsp3) is 0.0476. The maximum Gasteiger partial charge on any atom is 0.416 e. The molecule has 314 valence electrons. The van der Waals surface area contributed by atoms with Gasteiger partial charge in [-0.15, -0.1) is 20.5 Å². The van der Waals surface area contributed by atoms with Gasteiger partial charge < -0.3 is 20.8 Å². The smallest absolute Gasteiger partial charge is 0.416 e. The van der Waals surface area contributed by atoms with Crippen molar-refractivity contribution in [1.29, 1.82) is 0 Å². The van der Waals surface area contributed by atoms with Gasteiger partial charge in [-0.3, -0.25) is 9.59 Å². The fourth-order valence-corrected chi connectivity index (χ4v) is 6.77. The van der Waals surface area contributed by atoms with E-state index in [9.17, 15) is 46.1 Å². The molecule has 62 heavy (non-hydrogen) atoms. The van der Waals surface area contributed by atoms with Crippen LogP contribution in [0.4, 0.5) is 60.5 Å². The second-order valence-electron chi connectivity index (χ2n) is 13.1. The first-order valence-electron chi connectivity index (χ1n) is 17.5. The Kier molecular flexibility index (Phi) is 12.1. The molecule has 0 atom stereocenters. The van der Waals surface area contributed by atoms with Gasteiger partial charge in [-0.1, -0.05) is 94.9 Å². The average molecular weight is 930 g/mol. The van der Waals surface area contributed by atoms with Crippen molar-refractivity contribution in [3.8, 4) is 11.5 Å². The first kappa shape index (κ1) is 43.6. The summed E-state index contributed by atoms with van der Waals surface area (Å²) in [4.78, 5) is 27.3. The topological polar surface area (TPSA) is 148 Å². The summed E-state index contributed by atoms with van der Waals surface area (Å²) >= 11 is 25.2. The molecule has 0 spiro atoms. The minimum absolute atomic E-state index is 0.0874. The van der Waals surface area contributed by atoms with E-state index >= 15 is 0 Å². The quantitative estimate of drug-likeness (QED) is 0.0887. The average Bonchev–Trinajstić information content (AvgIpc) is 3.21. The van der Waals surface area contributed by atoms with Crippen LogP contribution in [-0.4, -0.2) is 22.0 Å². The highest BCUT2D eigenvalue weighted by atomic mass is 35.5. The Morgan fingerprint density at radius 1 is 0.484 bits per heavy atom. The second-order valence-corrected chi connectivity index (χ2v) is 14.8. The van der Waals surface area contributed by atoms with E-state index in [4.69, 9.17) is 46.4 Å². The van der Waals surface area contributed by atoms with Gasteiger partial charge in [0.1, 0.15) is 22.7 Å². The molecule has 0 aliphatic heterocycles. The number of benzene rings is 7. The van der Waals surface area contributed by atoms with Crippen LogP contribution in [0, 0.1) is 0 Å². The van der Waals surface area contributed by atoms with E-state index in [0.29, 0.717) is 33.7 Å². The van der Waals surface area contributed by atoms with E-state index in [1.54, 1.807) is 48.5 Å². The Hall–Kier alpha value is -6.46. The SMILES string of the molecule is O=C(Nc1cc(Cl)c(NC(=O)c2cc3ccccc3c(N=Nc3cc(C(F)(F)F)ccc3Cl)c2O)cc1Cl)c1cc2ccccc2c(N=Nc2cc(C(F)(F)F)ccc2Cl)c1O. The number of hydrogen-bond donors (Lipinski definition) is 4. The molecule has 0 saturated carbocycles. The zero-order chi connectivity index (χ0) is 44.7. The predicted octanol–water partition coefficient (Wildman–Crippen LogP) is 15.4. The molecular formula is C42H22Cl4F6N6O4. The van der Waals surface area contributed by atoms with Gasteiger partial charge in [0, 0.05) is 10.8 Å². The maximum absolute atomic E-state index is 13.7. The molecule has 20 heteroatoms. The van der Waals surface area contributed by atoms with Crippen molar-refractivity contribution >= 4 is 114 Å². The number of azo groups is 2. The number of nitrogens with zero attached hydrogens (tertiary/aromatic N) is 4.